The van der Waals surface area contributed by atoms with E-state index in [1.54, 1.807) is 48.5 Å². The maximum Gasteiger partial charge on any atom is 0.262 e. The molecule has 3 rings (SSSR count). The SMILES string of the molecule is Cc1cc(OCc2cccc(F)c2)ccc1NC(=O)COc1cccc(C(N)=O)c1. The van der Waals surface area contributed by atoms with E-state index in [4.69, 9.17) is 15.2 Å². The van der Waals surface area contributed by atoms with Crippen molar-refractivity contribution in [1.29, 1.82) is 0 Å². The first-order chi connectivity index (χ1) is 14.4. The summed E-state index contributed by atoms with van der Waals surface area (Å²) in [4.78, 5) is 23.4. The van der Waals surface area contributed by atoms with Crippen molar-refractivity contribution in [2.24, 2.45) is 5.73 Å². The van der Waals surface area contributed by atoms with Gasteiger partial charge in [-0.05, 0) is 66.6 Å². The molecule has 0 spiro atoms. The Kier molecular flexibility index (Phi) is 6.64. The molecule has 154 valence electrons. The zero-order chi connectivity index (χ0) is 21.5. The predicted molar refractivity (Wildman–Crippen MR) is 111 cm³/mol. The molecule has 0 heterocycles. The summed E-state index contributed by atoms with van der Waals surface area (Å²) in [6.07, 6.45) is 0. The first-order valence-electron chi connectivity index (χ1n) is 9.21. The average Bonchev–Trinajstić information content (AvgIpc) is 2.73. The van der Waals surface area contributed by atoms with Crippen LogP contribution in [-0.4, -0.2) is 18.4 Å². The second-order valence-corrected chi connectivity index (χ2v) is 6.62. The fourth-order valence-corrected chi connectivity index (χ4v) is 2.73. The molecule has 0 aromatic heterocycles. The highest BCUT2D eigenvalue weighted by Crippen LogP contribution is 2.22. The third-order valence-corrected chi connectivity index (χ3v) is 4.25. The van der Waals surface area contributed by atoms with E-state index >= 15 is 0 Å². The van der Waals surface area contributed by atoms with E-state index in [9.17, 15) is 14.0 Å². The number of rotatable bonds is 8. The first kappa shape index (κ1) is 20.9. The van der Waals surface area contributed by atoms with E-state index in [1.165, 1.54) is 18.2 Å². The van der Waals surface area contributed by atoms with Crippen molar-refractivity contribution < 1.29 is 23.5 Å². The van der Waals surface area contributed by atoms with E-state index < -0.39 is 5.91 Å². The molecule has 0 unspecified atom stereocenters. The van der Waals surface area contributed by atoms with Gasteiger partial charge in [0.1, 0.15) is 23.9 Å². The highest BCUT2D eigenvalue weighted by atomic mass is 19.1. The Morgan fingerprint density at radius 3 is 2.47 bits per heavy atom. The normalized spacial score (nSPS) is 10.3. The van der Waals surface area contributed by atoms with Gasteiger partial charge in [0.2, 0.25) is 5.91 Å². The van der Waals surface area contributed by atoms with Gasteiger partial charge < -0.3 is 20.5 Å². The van der Waals surface area contributed by atoms with Gasteiger partial charge in [0.25, 0.3) is 5.91 Å². The van der Waals surface area contributed by atoms with Gasteiger partial charge in [-0.15, -0.1) is 0 Å². The standard InChI is InChI=1S/C23H21FN2O4/c1-15-10-20(29-13-16-4-2-6-18(24)11-16)8-9-21(15)26-22(27)14-30-19-7-3-5-17(12-19)23(25)28/h2-12H,13-14H2,1H3,(H2,25,28)(H,26,27). The van der Waals surface area contributed by atoms with Crippen LogP contribution in [0.5, 0.6) is 11.5 Å². The number of nitrogens with one attached hydrogen (secondary N) is 1. The van der Waals surface area contributed by atoms with Crippen LogP contribution in [0.4, 0.5) is 10.1 Å². The number of hydrogen-bond donors (Lipinski definition) is 2. The Hall–Kier alpha value is -3.87. The van der Waals surface area contributed by atoms with Crippen LogP contribution in [-0.2, 0) is 11.4 Å². The number of nitrogens with two attached hydrogens (primary N) is 1. The number of halogens is 1. The fourth-order valence-electron chi connectivity index (χ4n) is 2.73. The molecule has 30 heavy (non-hydrogen) atoms. The summed E-state index contributed by atoms with van der Waals surface area (Å²) in [5, 5.41) is 2.77. The van der Waals surface area contributed by atoms with Crippen LogP contribution in [0, 0.1) is 12.7 Å². The lowest BCUT2D eigenvalue weighted by Gasteiger charge is -2.12. The number of carbonyl (C=O) groups is 2. The van der Waals surface area contributed by atoms with Crippen molar-refractivity contribution in [3.05, 3.63) is 89.2 Å². The molecule has 6 nitrogen and oxygen atoms in total. The minimum Gasteiger partial charge on any atom is -0.489 e. The summed E-state index contributed by atoms with van der Waals surface area (Å²) < 4.78 is 24.3. The molecule has 0 aliphatic rings. The zero-order valence-electron chi connectivity index (χ0n) is 16.4. The van der Waals surface area contributed by atoms with Crippen molar-refractivity contribution in [2.75, 3.05) is 11.9 Å². The van der Waals surface area contributed by atoms with Crippen LogP contribution in [0.25, 0.3) is 0 Å². The van der Waals surface area contributed by atoms with Gasteiger partial charge in [0.05, 0.1) is 0 Å². The molecular weight excluding hydrogens is 387 g/mol. The largest absolute Gasteiger partial charge is 0.489 e. The van der Waals surface area contributed by atoms with Crippen LogP contribution in [0.3, 0.4) is 0 Å². The Morgan fingerprint density at radius 2 is 1.73 bits per heavy atom. The molecule has 7 heteroatoms. The Labute approximate surface area is 173 Å². The van der Waals surface area contributed by atoms with Crippen LogP contribution in [0.1, 0.15) is 21.5 Å². The van der Waals surface area contributed by atoms with Crippen LogP contribution in [0.2, 0.25) is 0 Å². The molecule has 0 atom stereocenters. The van der Waals surface area contributed by atoms with Gasteiger partial charge in [0, 0.05) is 11.3 Å². The number of ether oxygens (including phenoxy) is 2. The van der Waals surface area contributed by atoms with Crippen molar-refractivity contribution in [1.82, 2.24) is 0 Å². The number of benzene rings is 3. The summed E-state index contributed by atoms with van der Waals surface area (Å²) in [5.74, 6) is -0.251. The van der Waals surface area contributed by atoms with Crippen molar-refractivity contribution in [3.63, 3.8) is 0 Å². The van der Waals surface area contributed by atoms with Gasteiger partial charge in [-0.2, -0.15) is 0 Å². The third-order valence-electron chi connectivity index (χ3n) is 4.25. The number of amides is 2. The van der Waals surface area contributed by atoms with Crippen LogP contribution >= 0.6 is 0 Å². The summed E-state index contributed by atoms with van der Waals surface area (Å²) in [6.45, 7) is 1.85. The zero-order valence-corrected chi connectivity index (χ0v) is 16.4. The summed E-state index contributed by atoms with van der Waals surface area (Å²) >= 11 is 0. The van der Waals surface area contributed by atoms with Gasteiger partial charge >= 0.3 is 0 Å². The quantitative estimate of drug-likeness (QED) is 0.593. The van der Waals surface area contributed by atoms with Crippen LogP contribution in [0.15, 0.2) is 66.7 Å². The molecule has 0 saturated heterocycles. The summed E-state index contributed by atoms with van der Waals surface area (Å²) in [7, 11) is 0. The molecule has 0 aliphatic carbocycles. The molecule has 0 saturated carbocycles. The summed E-state index contributed by atoms with van der Waals surface area (Å²) in [5.41, 5.74) is 7.68. The number of anilines is 1. The topological polar surface area (TPSA) is 90.7 Å². The second kappa shape index (κ2) is 9.56. The third kappa shape index (κ3) is 5.81. The van der Waals surface area contributed by atoms with Crippen molar-refractivity contribution in [2.45, 2.75) is 13.5 Å². The molecule has 3 aromatic rings. The summed E-state index contributed by atoms with van der Waals surface area (Å²) in [6, 6.07) is 17.7. The van der Waals surface area contributed by atoms with E-state index in [-0.39, 0.29) is 24.9 Å². The maximum atomic E-state index is 13.2. The minimum absolute atomic E-state index is 0.223. The monoisotopic (exact) mass is 408 g/mol. The number of carbonyl (C=O) groups excluding carboxylic acids is 2. The van der Waals surface area contributed by atoms with E-state index in [2.05, 4.69) is 5.32 Å². The van der Waals surface area contributed by atoms with Gasteiger partial charge in [0.15, 0.2) is 6.61 Å². The molecule has 0 bridgehead atoms. The van der Waals surface area contributed by atoms with Gasteiger partial charge in [-0.3, -0.25) is 9.59 Å². The molecule has 3 aromatic carbocycles. The highest BCUT2D eigenvalue weighted by Gasteiger charge is 2.09. The van der Waals surface area contributed by atoms with Crippen molar-refractivity contribution in [3.8, 4) is 11.5 Å². The van der Waals surface area contributed by atoms with E-state index in [0.29, 0.717) is 22.7 Å². The highest BCUT2D eigenvalue weighted by molar-refractivity contribution is 5.94. The fraction of sp³-hybridized carbons (Fsp3) is 0.130. The number of hydrogen-bond acceptors (Lipinski definition) is 4. The maximum absolute atomic E-state index is 13.2. The molecule has 3 N–H and O–H groups in total. The van der Waals surface area contributed by atoms with Crippen molar-refractivity contribution >= 4 is 17.5 Å². The van der Waals surface area contributed by atoms with Gasteiger partial charge in [-0.1, -0.05) is 18.2 Å². The molecule has 0 aliphatic heterocycles. The lowest BCUT2D eigenvalue weighted by Crippen LogP contribution is -2.21. The lowest BCUT2D eigenvalue weighted by atomic mass is 10.2. The van der Waals surface area contributed by atoms with Gasteiger partial charge in [-0.25, -0.2) is 4.39 Å². The molecule has 0 radical (unpaired) electrons. The van der Waals surface area contributed by atoms with Crippen LogP contribution < -0.4 is 20.5 Å². The molecule has 0 fully saturated rings. The predicted octanol–water partition coefficient (Wildman–Crippen LogP) is 3.83. The first-order valence-corrected chi connectivity index (χ1v) is 9.21. The Bertz CT molecular complexity index is 1070. The smallest absolute Gasteiger partial charge is 0.262 e. The minimum atomic E-state index is -0.569. The number of primary amides is 1. The second-order valence-electron chi connectivity index (χ2n) is 6.62. The molecular formula is C23H21FN2O4. The number of aryl methyl sites for hydroxylation is 1. The van der Waals surface area contributed by atoms with E-state index in [1.807, 2.05) is 6.92 Å². The average molecular weight is 408 g/mol. The molecule has 2 amide bonds. The Morgan fingerprint density at radius 1 is 0.967 bits per heavy atom. The lowest BCUT2D eigenvalue weighted by molar-refractivity contribution is -0.118. The Balaban J connectivity index is 1.54. The van der Waals surface area contributed by atoms with E-state index in [0.717, 1.165) is 11.1 Å².